The molecule has 1 aromatic rings. The molecule has 1 rings (SSSR count). The molecule has 0 saturated heterocycles. The second-order valence-corrected chi connectivity index (χ2v) is 2.06. The van der Waals surface area contributed by atoms with Gasteiger partial charge in [-0.3, -0.25) is 0 Å². The average molecular weight is 166 g/mol. The topological polar surface area (TPSA) is 0 Å². The Labute approximate surface area is 73.7 Å². The summed E-state index contributed by atoms with van der Waals surface area (Å²) in [5.41, 5.74) is 0.905. The fourth-order valence-corrected chi connectivity index (χ4v) is 0.803. The van der Waals surface area contributed by atoms with E-state index in [1.807, 2.05) is 39.0 Å². The van der Waals surface area contributed by atoms with E-state index in [1.165, 1.54) is 12.1 Å². The van der Waals surface area contributed by atoms with Crippen LogP contribution in [0.15, 0.2) is 30.3 Å². The third-order valence-corrected chi connectivity index (χ3v) is 1.21. The summed E-state index contributed by atoms with van der Waals surface area (Å²) < 4.78 is 12.5. The monoisotopic (exact) mass is 166 g/mol. The van der Waals surface area contributed by atoms with Gasteiger partial charge in [0, 0.05) is 0 Å². The van der Waals surface area contributed by atoms with Crippen molar-refractivity contribution in [1.29, 1.82) is 0 Å². The Balaban J connectivity index is 0.000000561. The highest BCUT2D eigenvalue weighted by atomic mass is 19.1. The van der Waals surface area contributed by atoms with Crippen molar-refractivity contribution >= 4 is 6.08 Å². The van der Waals surface area contributed by atoms with E-state index in [0.29, 0.717) is 0 Å². The van der Waals surface area contributed by atoms with Crippen molar-refractivity contribution in [3.05, 3.63) is 41.7 Å². The van der Waals surface area contributed by atoms with Gasteiger partial charge in [-0.2, -0.15) is 0 Å². The third kappa shape index (κ3) is 3.91. The van der Waals surface area contributed by atoms with Crippen LogP contribution in [0.2, 0.25) is 0 Å². The zero-order valence-corrected chi connectivity index (χ0v) is 7.84. The van der Waals surface area contributed by atoms with Crippen LogP contribution < -0.4 is 0 Å². The molecule has 0 N–H and O–H groups in total. The maximum Gasteiger partial charge on any atom is 0.123 e. The van der Waals surface area contributed by atoms with Crippen molar-refractivity contribution in [2.45, 2.75) is 20.8 Å². The van der Waals surface area contributed by atoms with E-state index in [0.717, 1.165) is 5.56 Å². The number of rotatable bonds is 1. The van der Waals surface area contributed by atoms with Gasteiger partial charge >= 0.3 is 0 Å². The molecular weight excluding hydrogens is 151 g/mol. The van der Waals surface area contributed by atoms with Crippen molar-refractivity contribution in [3.8, 4) is 0 Å². The molecule has 1 heteroatoms. The quantitative estimate of drug-likeness (QED) is 0.593. The van der Waals surface area contributed by atoms with Crippen LogP contribution in [0.5, 0.6) is 0 Å². The second kappa shape index (κ2) is 6.59. The lowest BCUT2D eigenvalue weighted by Crippen LogP contribution is -1.73. The Kier molecular flexibility index (Phi) is 5.98. The van der Waals surface area contributed by atoms with E-state index in [1.54, 1.807) is 6.07 Å². The zero-order chi connectivity index (χ0) is 9.40. The predicted molar refractivity (Wildman–Crippen MR) is 52.5 cm³/mol. The van der Waals surface area contributed by atoms with Crippen LogP contribution in [0.1, 0.15) is 26.3 Å². The van der Waals surface area contributed by atoms with Crippen molar-refractivity contribution in [2.24, 2.45) is 0 Å². The van der Waals surface area contributed by atoms with E-state index in [9.17, 15) is 4.39 Å². The lowest BCUT2D eigenvalue weighted by molar-refractivity contribution is 0.627. The first kappa shape index (κ1) is 10.9. The van der Waals surface area contributed by atoms with Gasteiger partial charge in [-0.15, -0.1) is 0 Å². The highest BCUT2D eigenvalue weighted by molar-refractivity contribution is 5.48. The Morgan fingerprint density at radius 3 is 2.42 bits per heavy atom. The molecule has 0 atom stereocenters. The van der Waals surface area contributed by atoms with Gasteiger partial charge < -0.3 is 0 Å². The molecule has 66 valence electrons. The van der Waals surface area contributed by atoms with Gasteiger partial charge in [0.2, 0.25) is 0 Å². The smallest absolute Gasteiger partial charge is 0.123 e. The molecule has 0 fully saturated rings. The van der Waals surface area contributed by atoms with Gasteiger partial charge in [0.1, 0.15) is 5.82 Å². The van der Waals surface area contributed by atoms with Gasteiger partial charge in [-0.05, 0) is 24.6 Å². The van der Waals surface area contributed by atoms with E-state index < -0.39 is 0 Å². The summed E-state index contributed by atoms with van der Waals surface area (Å²) in [6, 6.07) is 6.50. The molecule has 0 aliphatic carbocycles. The average Bonchev–Trinajstić information content (AvgIpc) is 2.09. The molecule has 1 aromatic carbocycles. The largest absolute Gasteiger partial charge is 0.207 e. The van der Waals surface area contributed by atoms with E-state index in [4.69, 9.17) is 0 Å². The molecular formula is C11H15F. The van der Waals surface area contributed by atoms with Crippen LogP contribution in [-0.2, 0) is 0 Å². The number of halogens is 1. The molecule has 0 aromatic heterocycles. The highest BCUT2D eigenvalue weighted by Crippen LogP contribution is 2.04. The molecule has 0 saturated carbocycles. The van der Waals surface area contributed by atoms with Crippen molar-refractivity contribution in [1.82, 2.24) is 0 Å². The fourth-order valence-electron chi connectivity index (χ4n) is 0.803. The Morgan fingerprint density at radius 1 is 1.25 bits per heavy atom. The first-order valence-corrected chi connectivity index (χ1v) is 4.21. The predicted octanol–water partition coefficient (Wildman–Crippen LogP) is 3.89. The lowest BCUT2D eigenvalue weighted by atomic mass is 10.2. The van der Waals surface area contributed by atoms with Crippen molar-refractivity contribution in [2.75, 3.05) is 0 Å². The van der Waals surface area contributed by atoms with Gasteiger partial charge in [-0.1, -0.05) is 38.1 Å². The van der Waals surface area contributed by atoms with E-state index in [-0.39, 0.29) is 5.82 Å². The van der Waals surface area contributed by atoms with Crippen LogP contribution >= 0.6 is 0 Å². The fraction of sp³-hybridized carbons (Fsp3) is 0.273. The zero-order valence-electron chi connectivity index (χ0n) is 7.84. The molecule has 12 heavy (non-hydrogen) atoms. The van der Waals surface area contributed by atoms with Gasteiger partial charge in [0.05, 0.1) is 0 Å². The van der Waals surface area contributed by atoms with Crippen LogP contribution in [-0.4, -0.2) is 0 Å². The standard InChI is InChI=1S/C9H9F.C2H6/c1-2-4-8-5-3-6-9(10)7-8;1-2/h2-7H,1H3;1-2H3/b4-2+;. The Hall–Kier alpha value is -1.11. The van der Waals surface area contributed by atoms with Gasteiger partial charge in [-0.25, -0.2) is 4.39 Å². The molecule has 0 aliphatic rings. The number of benzene rings is 1. The molecule has 0 aliphatic heterocycles. The minimum Gasteiger partial charge on any atom is -0.207 e. The first-order valence-electron chi connectivity index (χ1n) is 4.21. The molecule has 0 heterocycles. The number of hydrogen-bond donors (Lipinski definition) is 0. The van der Waals surface area contributed by atoms with Gasteiger partial charge in [0.25, 0.3) is 0 Å². The maximum absolute atomic E-state index is 12.5. The van der Waals surface area contributed by atoms with Crippen molar-refractivity contribution in [3.63, 3.8) is 0 Å². The summed E-state index contributed by atoms with van der Waals surface area (Å²) in [5.74, 6) is -0.185. The first-order chi connectivity index (χ1) is 5.83. The molecule has 0 spiro atoms. The van der Waals surface area contributed by atoms with Crippen LogP contribution in [0.25, 0.3) is 6.08 Å². The summed E-state index contributed by atoms with van der Waals surface area (Å²) in [7, 11) is 0. The molecule has 0 bridgehead atoms. The van der Waals surface area contributed by atoms with Gasteiger partial charge in [0.15, 0.2) is 0 Å². The van der Waals surface area contributed by atoms with Crippen LogP contribution in [0, 0.1) is 5.82 Å². The number of allylic oxidation sites excluding steroid dienone is 1. The lowest BCUT2D eigenvalue weighted by Gasteiger charge is -1.90. The van der Waals surface area contributed by atoms with E-state index >= 15 is 0 Å². The van der Waals surface area contributed by atoms with E-state index in [2.05, 4.69) is 0 Å². The summed E-state index contributed by atoms with van der Waals surface area (Å²) in [6.07, 6.45) is 3.75. The minimum absolute atomic E-state index is 0.185. The second-order valence-electron chi connectivity index (χ2n) is 2.06. The summed E-state index contributed by atoms with van der Waals surface area (Å²) in [6.45, 7) is 5.91. The summed E-state index contributed by atoms with van der Waals surface area (Å²) in [5, 5.41) is 0. The summed E-state index contributed by atoms with van der Waals surface area (Å²) >= 11 is 0. The minimum atomic E-state index is -0.185. The maximum atomic E-state index is 12.5. The Bertz CT molecular complexity index is 239. The molecule has 0 radical (unpaired) electrons. The van der Waals surface area contributed by atoms with Crippen LogP contribution in [0.4, 0.5) is 4.39 Å². The third-order valence-electron chi connectivity index (χ3n) is 1.21. The summed E-state index contributed by atoms with van der Waals surface area (Å²) in [4.78, 5) is 0. The van der Waals surface area contributed by atoms with Crippen molar-refractivity contribution < 1.29 is 4.39 Å². The SMILES string of the molecule is C/C=C/c1cccc(F)c1.CC. The molecule has 0 nitrogen and oxygen atoms in total. The highest BCUT2D eigenvalue weighted by Gasteiger charge is 1.87. The number of hydrogen-bond acceptors (Lipinski definition) is 0. The Morgan fingerprint density at radius 2 is 1.92 bits per heavy atom. The molecule has 0 amide bonds. The van der Waals surface area contributed by atoms with Crippen LogP contribution in [0.3, 0.4) is 0 Å². The molecule has 0 unspecified atom stereocenters. The normalized spacial score (nSPS) is 9.33.